The first-order valence-corrected chi connectivity index (χ1v) is 11.8. The van der Waals surface area contributed by atoms with E-state index in [1.165, 1.54) is 11.8 Å². The molecule has 3 aromatic rings. The highest BCUT2D eigenvalue weighted by atomic mass is 127. The third kappa shape index (κ3) is 5.56. The molecule has 1 heterocycles. The Kier molecular flexibility index (Phi) is 7.32. The number of carbonyl (C=O) groups excluding carboxylic acids is 1. The monoisotopic (exact) mass is 567 g/mol. The van der Waals surface area contributed by atoms with E-state index in [2.05, 4.69) is 39.0 Å². The van der Waals surface area contributed by atoms with Gasteiger partial charge in [-0.3, -0.25) is 4.79 Å². The zero-order valence-electron chi connectivity index (χ0n) is 17.5. The number of thioether (sulfide) groups is 1. The lowest BCUT2D eigenvalue weighted by molar-refractivity contribution is -0.115. The van der Waals surface area contributed by atoms with Gasteiger partial charge in [0.05, 0.1) is 32.9 Å². The molecule has 33 heavy (non-hydrogen) atoms. The summed E-state index contributed by atoms with van der Waals surface area (Å²) in [7, 11) is 1.57. The number of nitriles is 1. The molecule has 0 saturated carbocycles. The number of carbonyl (C=O) groups is 1. The van der Waals surface area contributed by atoms with Gasteiger partial charge in [0.1, 0.15) is 6.61 Å². The molecule has 0 bridgehead atoms. The Hall–Kier alpha value is -3.29. The van der Waals surface area contributed by atoms with Crippen LogP contribution in [0.15, 0.2) is 76.6 Å². The Morgan fingerprint density at radius 3 is 2.67 bits per heavy atom. The van der Waals surface area contributed by atoms with Gasteiger partial charge in [0.15, 0.2) is 16.7 Å². The van der Waals surface area contributed by atoms with Crippen molar-refractivity contribution in [3.63, 3.8) is 0 Å². The number of rotatable bonds is 6. The van der Waals surface area contributed by atoms with Crippen molar-refractivity contribution < 1.29 is 14.3 Å². The second-order valence-corrected chi connectivity index (χ2v) is 9.10. The summed E-state index contributed by atoms with van der Waals surface area (Å²) in [6.45, 7) is 0.244. The molecule has 0 radical (unpaired) electrons. The lowest BCUT2D eigenvalue weighted by atomic mass is 10.1. The van der Waals surface area contributed by atoms with Gasteiger partial charge in [-0.1, -0.05) is 36.4 Å². The number of hydrogen-bond acceptors (Lipinski definition) is 6. The molecule has 1 aliphatic rings. The van der Waals surface area contributed by atoms with Crippen LogP contribution in [0.25, 0.3) is 6.08 Å². The molecule has 1 N–H and O–H groups in total. The number of amides is 1. The lowest BCUT2D eigenvalue weighted by Crippen LogP contribution is -2.19. The number of benzene rings is 3. The second kappa shape index (κ2) is 10.6. The maximum Gasteiger partial charge on any atom is 0.264 e. The molecule has 0 aliphatic carbocycles. The molecule has 1 fully saturated rings. The van der Waals surface area contributed by atoms with E-state index in [0.29, 0.717) is 27.1 Å². The first kappa shape index (κ1) is 22.9. The van der Waals surface area contributed by atoms with Gasteiger partial charge in [-0.25, -0.2) is 4.99 Å². The Morgan fingerprint density at radius 2 is 1.91 bits per heavy atom. The van der Waals surface area contributed by atoms with Crippen molar-refractivity contribution in [2.75, 3.05) is 7.11 Å². The molecular weight excluding hydrogens is 549 g/mol. The van der Waals surface area contributed by atoms with Gasteiger partial charge in [-0.15, -0.1) is 0 Å². The van der Waals surface area contributed by atoms with Gasteiger partial charge in [0, 0.05) is 5.56 Å². The summed E-state index contributed by atoms with van der Waals surface area (Å²) in [6, 6.07) is 22.7. The van der Waals surface area contributed by atoms with Crippen LogP contribution >= 0.6 is 34.4 Å². The highest BCUT2D eigenvalue weighted by Crippen LogP contribution is 2.36. The molecule has 3 aromatic carbocycles. The standard InChI is InChI=1S/C25H18IN3O3S/c1-31-21-12-16(11-20(26)23(21)32-15-18-8-6-5-7-17(18)14-27)13-22-24(30)29-25(33-22)28-19-9-3-2-4-10-19/h2-13H,15H2,1H3,(H,28,29,30)/b22-13+. The van der Waals surface area contributed by atoms with Gasteiger partial charge < -0.3 is 14.8 Å². The molecule has 0 aromatic heterocycles. The van der Waals surface area contributed by atoms with E-state index in [1.54, 1.807) is 19.3 Å². The van der Waals surface area contributed by atoms with Crippen LogP contribution in [-0.4, -0.2) is 18.2 Å². The molecule has 1 aliphatic heterocycles. The quantitative estimate of drug-likeness (QED) is 0.308. The largest absolute Gasteiger partial charge is 0.493 e. The van der Waals surface area contributed by atoms with Crippen molar-refractivity contribution in [2.24, 2.45) is 4.99 Å². The number of nitrogens with one attached hydrogen (secondary N) is 1. The number of ether oxygens (including phenoxy) is 2. The number of nitrogens with zero attached hydrogens (tertiary/aromatic N) is 2. The maximum absolute atomic E-state index is 12.4. The van der Waals surface area contributed by atoms with E-state index in [1.807, 2.05) is 60.7 Å². The predicted octanol–water partition coefficient (Wildman–Crippen LogP) is 5.64. The zero-order chi connectivity index (χ0) is 23.2. The first-order chi connectivity index (χ1) is 16.1. The van der Waals surface area contributed by atoms with Crippen molar-refractivity contribution in [2.45, 2.75) is 6.61 Å². The molecule has 0 atom stereocenters. The van der Waals surface area contributed by atoms with Crippen LogP contribution in [0.5, 0.6) is 11.5 Å². The summed E-state index contributed by atoms with van der Waals surface area (Å²) in [5.74, 6) is 0.935. The van der Waals surface area contributed by atoms with Crippen LogP contribution in [0.3, 0.4) is 0 Å². The van der Waals surface area contributed by atoms with Gasteiger partial charge in [-0.05, 0) is 76.3 Å². The van der Waals surface area contributed by atoms with E-state index < -0.39 is 0 Å². The molecule has 6 nitrogen and oxygen atoms in total. The SMILES string of the molecule is COc1cc(/C=C2/SC(=Nc3ccccc3)NC2=O)cc(I)c1OCc1ccccc1C#N. The second-order valence-electron chi connectivity index (χ2n) is 6.91. The fraction of sp³-hybridized carbons (Fsp3) is 0.0800. The van der Waals surface area contributed by atoms with Crippen LogP contribution < -0.4 is 14.8 Å². The summed E-state index contributed by atoms with van der Waals surface area (Å²) < 4.78 is 12.4. The van der Waals surface area contributed by atoms with Crippen LogP contribution in [0.1, 0.15) is 16.7 Å². The van der Waals surface area contributed by atoms with E-state index in [4.69, 9.17) is 9.47 Å². The highest BCUT2D eigenvalue weighted by Gasteiger charge is 2.24. The van der Waals surface area contributed by atoms with E-state index >= 15 is 0 Å². The maximum atomic E-state index is 12.4. The lowest BCUT2D eigenvalue weighted by Gasteiger charge is -2.14. The minimum absolute atomic E-state index is 0.197. The van der Waals surface area contributed by atoms with Gasteiger partial charge >= 0.3 is 0 Å². The number of aliphatic imine (C=N–C) groups is 1. The third-order valence-corrected chi connectivity index (χ3v) is 6.41. The van der Waals surface area contributed by atoms with E-state index in [9.17, 15) is 10.1 Å². The summed E-state index contributed by atoms with van der Waals surface area (Å²) in [4.78, 5) is 17.5. The van der Waals surface area contributed by atoms with Crippen molar-refractivity contribution >= 4 is 57.2 Å². The number of amidine groups is 1. The summed E-state index contributed by atoms with van der Waals surface area (Å²) in [5.41, 5.74) is 2.95. The Morgan fingerprint density at radius 1 is 1.15 bits per heavy atom. The average Bonchev–Trinajstić information content (AvgIpc) is 3.17. The van der Waals surface area contributed by atoms with Crippen LogP contribution in [0, 0.1) is 14.9 Å². The topological polar surface area (TPSA) is 83.7 Å². The fourth-order valence-electron chi connectivity index (χ4n) is 3.12. The predicted molar refractivity (Wildman–Crippen MR) is 138 cm³/mol. The smallest absolute Gasteiger partial charge is 0.264 e. The minimum Gasteiger partial charge on any atom is -0.493 e. The minimum atomic E-state index is -0.197. The number of hydrogen-bond donors (Lipinski definition) is 1. The van der Waals surface area contributed by atoms with Gasteiger partial charge in [0.25, 0.3) is 5.91 Å². The Balaban J connectivity index is 1.55. The number of halogens is 1. The van der Waals surface area contributed by atoms with Crippen LogP contribution in [-0.2, 0) is 11.4 Å². The number of methoxy groups -OCH3 is 1. The molecule has 0 spiro atoms. The fourth-order valence-corrected chi connectivity index (χ4v) is 4.74. The van der Waals surface area contributed by atoms with Crippen molar-refractivity contribution in [3.05, 3.63) is 91.9 Å². The molecular formula is C25H18IN3O3S. The summed E-state index contributed by atoms with van der Waals surface area (Å²) in [5, 5.41) is 12.6. The zero-order valence-corrected chi connectivity index (χ0v) is 20.5. The van der Waals surface area contributed by atoms with Crippen molar-refractivity contribution in [3.8, 4) is 17.6 Å². The van der Waals surface area contributed by atoms with Gasteiger partial charge in [-0.2, -0.15) is 5.26 Å². The van der Waals surface area contributed by atoms with Gasteiger partial charge in [0.2, 0.25) is 0 Å². The molecule has 4 rings (SSSR count). The Labute approximate surface area is 209 Å². The van der Waals surface area contributed by atoms with Crippen molar-refractivity contribution in [1.29, 1.82) is 5.26 Å². The average molecular weight is 567 g/mol. The van der Waals surface area contributed by atoms with Crippen LogP contribution in [0.4, 0.5) is 5.69 Å². The molecule has 0 unspecified atom stereocenters. The third-order valence-electron chi connectivity index (χ3n) is 4.70. The van der Waals surface area contributed by atoms with Crippen LogP contribution in [0.2, 0.25) is 0 Å². The first-order valence-electron chi connectivity index (χ1n) is 9.90. The Bertz CT molecular complexity index is 1300. The summed E-state index contributed by atoms with van der Waals surface area (Å²) in [6.07, 6.45) is 1.80. The van der Waals surface area contributed by atoms with E-state index in [0.717, 1.165) is 20.4 Å². The molecule has 164 valence electrons. The summed E-state index contributed by atoms with van der Waals surface area (Å²) >= 11 is 3.47. The number of para-hydroxylation sites is 1. The van der Waals surface area contributed by atoms with E-state index in [-0.39, 0.29) is 12.5 Å². The molecule has 1 amide bonds. The normalized spacial score (nSPS) is 15.4. The molecule has 8 heteroatoms. The van der Waals surface area contributed by atoms with Crippen molar-refractivity contribution in [1.82, 2.24) is 5.32 Å². The molecule has 1 saturated heterocycles. The highest BCUT2D eigenvalue weighted by molar-refractivity contribution is 14.1.